The number of nitrogens with zero attached hydrogens (tertiary/aromatic N) is 3. The van der Waals surface area contributed by atoms with E-state index in [4.69, 9.17) is 5.41 Å². The number of urea groups is 1. The molecule has 4 N–H and O–H groups in total. The summed E-state index contributed by atoms with van der Waals surface area (Å²) in [5.41, 5.74) is 3.54. The summed E-state index contributed by atoms with van der Waals surface area (Å²) in [5.74, 6) is -0.0799. The number of hydrogen-bond acceptors (Lipinski definition) is 6. The van der Waals surface area contributed by atoms with Crippen LogP contribution in [-0.4, -0.2) is 59.0 Å². The molecule has 0 saturated carbocycles. The number of carbonyl (C=O) groups is 1. The average Bonchev–Trinajstić information content (AvgIpc) is 3.20. The number of rotatable bonds is 7. The minimum Gasteiger partial charge on any atom is -0.354 e. The Morgan fingerprint density at radius 3 is 2.64 bits per heavy atom. The molecule has 1 fully saturated rings. The molecule has 1 saturated heterocycles. The van der Waals surface area contributed by atoms with Crippen molar-refractivity contribution in [2.45, 2.75) is 25.1 Å². The van der Waals surface area contributed by atoms with Gasteiger partial charge in [-0.1, -0.05) is 30.3 Å². The van der Waals surface area contributed by atoms with Crippen molar-refractivity contribution in [3.63, 3.8) is 0 Å². The number of likely N-dealkylation sites (tertiary alicyclic amines) is 1. The van der Waals surface area contributed by atoms with Crippen molar-refractivity contribution in [1.82, 2.24) is 20.2 Å². The number of benzene rings is 1. The molecule has 0 radical (unpaired) electrons. The van der Waals surface area contributed by atoms with Gasteiger partial charge in [-0.2, -0.15) is 13.2 Å². The zero-order valence-corrected chi connectivity index (χ0v) is 19.5. The Bertz CT molecular complexity index is 1220. The van der Waals surface area contributed by atoms with Gasteiger partial charge in [0.25, 0.3) is 0 Å². The quantitative estimate of drug-likeness (QED) is 0.355. The van der Waals surface area contributed by atoms with Crippen molar-refractivity contribution < 1.29 is 18.0 Å². The molecule has 2 amide bonds. The van der Waals surface area contributed by atoms with E-state index in [9.17, 15) is 18.0 Å². The third-order valence-electron chi connectivity index (χ3n) is 5.85. The van der Waals surface area contributed by atoms with Gasteiger partial charge in [0.1, 0.15) is 5.82 Å². The molecule has 3 heterocycles. The van der Waals surface area contributed by atoms with Gasteiger partial charge in [0.15, 0.2) is 0 Å². The van der Waals surface area contributed by atoms with Gasteiger partial charge in [-0.05, 0) is 30.7 Å². The van der Waals surface area contributed by atoms with Gasteiger partial charge in [-0.15, -0.1) is 0 Å². The van der Waals surface area contributed by atoms with Crippen LogP contribution >= 0.6 is 0 Å². The van der Waals surface area contributed by atoms with Crippen molar-refractivity contribution >= 4 is 29.4 Å². The zero-order valence-electron chi connectivity index (χ0n) is 19.5. The van der Waals surface area contributed by atoms with Crippen LogP contribution in [0.1, 0.15) is 22.7 Å². The summed E-state index contributed by atoms with van der Waals surface area (Å²) >= 11 is 0. The monoisotopic (exact) mass is 497 g/mol. The Morgan fingerprint density at radius 2 is 1.94 bits per heavy atom. The number of hydrogen-bond donors (Lipinski definition) is 4. The summed E-state index contributed by atoms with van der Waals surface area (Å²) in [6.45, 7) is 1.08. The first-order chi connectivity index (χ1) is 17.2. The average molecular weight is 498 g/mol. The predicted octanol–water partition coefficient (Wildman–Crippen LogP) is 4.68. The molecule has 2 unspecified atom stereocenters. The summed E-state index contributed by atoms with van der Waals surface area (Å²) in [6.07, 6.45) is -0.0229. The summed E-state index contributed by atoms with van der Waals surface area (Å²) < 4.78 is 39.0. The van der Waals surface area contributed by atoms with E-state index in [1.165, 1.54) is 11.1 Å². The molecule has 1 aromatic carbocycles. The van der Waals surface area contributed by atoms with Gasteiger partial charge in [-0.25, -0.2) is 9.78 Å². The zero-order chi connectivity index (χ0) is 25.7. The molecule has 0 aliphatic carbocycles. The van der Waals surface area contributed by atoms with Crippen molar-refractivity contribution in [3.8, 4) is 0 Å². The molecule has 2 atom stereocenters. The van der Waals surface area contributed by atoms with E-state index >= 15 is 0 Å². The molecule has 11 heteroatoms. The third-order valence-corrected chi connectivity index (χ3v) is 5.85. The van der Waals surface area contributed by atoms with E-state index in [2.05, 4.69) is 25.9 Å². The number of carbonyl (C=O) groups excluding carboxylic acids is 1. The number of aryl methyl sites for hydroxylation is 1. The van der Waals surface area contributed by atoms with Gasteiger partial charge in [0.2, 0.25) is 0 Å². The van der Waals surface area contributed by atoms with E-state index in [1.807, 2.05) is 43.3 Å². The highest BCUT2D eigenvalue weighted by atomic mass is 19.4. The fourth-order valence-electron chi connectivity index (χ4n) is 4.31. The number of nitrogens with one attached hydrogen (secondary N) is 4. The van der Waals surface area contributed by atoms with Gasteiger partial charge < -0.3 is 16.0 Å². The second-order valence-electron chi connectivity index (χ2n) is 8.64. The maximum Gasteiger partial charge on any atom is 0.401 e. The summed E-state index contributed by atoms with van der Waals surface area (Å²) in [7, 11) is 0. The van der Waals surface area contributed by atoms with Gasteiger partial charge >= 0.3 is 12.2 Å². The minimum absolute atomic E-state index is 0.0693. The van der Waals surface area contributed by atoms with E-state index in [0.29, 0.717) is 11.3 Å². The van der Waals surface area contributed by atoms with Gasteiger partial charge in [-0.3, -0.25) is 15.2 Å². The van der Waals surface area contributed by atoms with Crippen LogP contribution in [0.25, 0.3) is 0 Å². The smallest absolute Gasteiger partial charge is 0.354 e. The lowest BCUT2D eigenvalue weighted by Crippen LogP contribution is -2.43. The molecule has 188 valence electrons. The maximum atomic E-state index is 13.0. The van der Waals surface area contributed by atoms with Crippen LogP contribution in [0, 0.1) is 12.3 Å². The Morgan fingerprint density at radius 1 is 1.17 bits per heavy atom. The summed E-state index contributed by atoms with van der Waals surface area (Å²) in [5, 5.41) is 16.4. The van der Waals surface area contributed by atoms with Crippen LogP contribution < -0.4 is 16.0 Å². The highest BCUT2D eigenvalue weighted by molar-refractivity contribution is 5.92. The van der Waals surface area contributed by atoms with Crippen molar-refractivity contribution in [3.05, 3.63) is 77.7 Å². The van der Waals surface area contributed by atoms with Crippen molar-refractivity contribution in [2.24, 2.45) is 0 Å². The standard InChI is InChI=1S/C25H26F3N7O/c1-16-9-19(7-8-30-16)32-21-12-31-23(10-18(21)11-29)34-24(36)33-22-14-35(15-25(26,27)28)13-20(22)17-5-3-2-4-6-17/h2-12,20,22,29H,13-15H2,1H3,(H,30,32)(H2,31,33,34,36). The van der Waals surface area contributed by atoms with Gasteiger partial charge in [0.05, 0.1) is 24.5 Å². The highest BCUT2D eigenvalue weighted by Gasteiger charge is 2.40. The van der Waals surface area contributed by atoms with Gasteiger partial charge in [0, 0.05) is 48.4 Å². The molecule has 36 heavy (non-hydrogen) atoms. The van der Waals surface area contributed by atoms with Crippen LogP contribution in [0.15, 0.2) is 60.9 Å². The summed E-state index contributed by atoms with van der Waals surface area (Å²) in [4.78, 5) is 22.5. The predicted molar refractivity (Wildman–Crippen MR) is 132 cm³/mol. The molecule has 1 aliphatic heterocycles. The molecule has 2 aromatic heterocycles. The van der Waals surface area contributed by atoms with E-state index in [-0.39, 0.29) is 24.8 Å². The van der Waals surface area contributed by atoms with Crippen molar-refractivity contribution in [2.75, 3.05) is 30.3 Å². The van der Waals surface area contributed by atoms with Crippen LogP contribution in [0.2, 0.25) is 0 Å². The third kappa shape index (κ3) is 6.57. The van der Waals surface area contributed by atoms with Crippen LogP contribution in [-0.2, 0) is 0 Å². The Labute approximate surface area is 206 Å². The Hall–Kier alpha value is -3.99. The first-order valence-electron chi connectivity index (χ1n) is 11.3. The molecule has 0 bridgehead atoms. The number of alkyl halides is 3. The summed E-state index contributed by atoms with van der Waals surface area (Å²) in [6, 6.07) is 13.3. The highest BCUT2D eigenvalue weighted by Crippen LogP contribution is 2.30. The second kappa shape index (κ2) is 10.7. The first kappa shape index (κ1) is 25.1. The normalized spacial score (nSPS) is 18.0. The molecule has 8 nitrogen and oxygen atoms in total. The molecular weight excluding hydrogens is 471 g/mol. The topological polar surface area (TPSA) is 106 Å². The van der Waals surface area contributed by atoms with E-state index in [0.717, 1.165) is 23.2 Å². The maximum absolute atomic E-state index is 13.0. The number of aromatic nitrogens is 2. The van der Waals surface area contributed by atoms with Crippen LogP contribution in [0.4, 0.5) is 35.2 Å². The second-order valence-corrected chi connectivity index (χ2v) is 8.64. The van der Waals surface area contributed by atoms with E-state index < -0.39 is 24.8 Å². The number of anilines is 3. The Balaban J connectivity index is 1.45. The molecular formula is C25H26F3N7O. The first-order valence-corrected chi connectivity index (χ1v) is 11.3. The molecule has 0 spiro atoms. The molecule has 3 aromatic rings. The lowest BCUT2D eigenvalue weighted by atomic mass is 9.94. The number of pyridine rings is 2. The SMILES string of the molecule is Cc1cc(Nc2cnc(NC(=O)NC3CN(CC(F)(F)F)CC3c3ccccc3)cc2C=N)ccn1. The lowest BCUT2D eigenvalue weighted by molar-refractivity contribution is -0.143. The van der Waals surface area contributed by atoms with Crippen molar-refractivity contribution in [1.29, 1.82) is 5.41 Å². The fraction of sp³-hybridized carbons (Fsp3) is 0.280. The largest absolute Gasteiger partial charge is 0.401 e. The van der Waals surface area contributed by atoms with Crippen LogP contribution in [0.3, 0.4) is 0 Å². The minimum atomic E-state index is -4.32. The molecule has 4 rings (SSSR count). The lowest BCUT2D eigenvalue weighted by Gasteiger charge is -2.20. The van der Waals surface area contributed by atoms with E-state index in [1.54, 1.807) is 18.3 Å². The molecule has 1 aliphatic rings. The fourth-order valence-corrected chi connectivity index (χ4v) is 4.31. The Kier molecular flexibility index (Phi) is 7.49. The van der Waals surface area contributed by atoms with Crippen LogP contribution in [0.5, 0.6) is 0 Å². The number of amides is 2. The number of halogens is 3.